The minimum absolute atomic E-state index is 0.0233. The number of ether oxygens (including phenoxy) is 1. The van der Waals surface area contributed by atoms with Crippen LogP contribution in [0.5, 0.6) is 6.01 Å². The van der Waals surface area contributed by atoms with Crippen LogP contribution in [0.3, 0.4) is 0 Å². The Labute approximate surface area is 117 Å². The number of hydrogen-bond donors (Lipinski definition) is 1. The van der Waals surface area contributed by atoms with E-state index >= 15 is 0 Å². The van der Waals surface area contributed by atoms with Gasteiger partial charge in [-0.05, 0) is 17.7 Å². The van der Waals surface area contributed by atoms with E-state index in [1.165, 1.54) is 12.1 Å². The van der Waals surface area contributed by atoms with E-state index < -0.39 is 17.7 Å². The zero-order valence-electron chi connectivity index (χ0n) is 10.5. The summed E-state index contributed by atoms with van der Waals surface area (Å²) >= 11 is 0. The van der Waals surface area contributed by atoms with Crippen LogP contribution in [-0.2, 0) is 12.8 Å². The zero-order valence-corrected chi connectivity index (χ0v) is 10.5. The fourth-order valence-corrected chi connectivity index (χ4v) is 1.44. The van der Waals surface area contributed by atoms with E-state index in [0.29, 0.717) is 5.56 Å². The van der Waals surface area contributed by atoms with Crippen LogP contribution in [0.15, 0.2) is 36.7 Å². The van der Waals surface area contributed by atoms with Crippen molar-refractivity contribution < 1.29 is 27.8 Å². The van der Waals surface area contributed by atoms with Crippen molar-refractivity contribution >= 4 is 5.97 Å². The number of aromatic nitrogens is 2. The highest BCUT2D eigenvalue weighted by atomic mass is 19.4. The summed E-state index contributed by atoms with van der Waals surface area (Å²) in [5.41, 5.74) is -0.320. The standard InChI is InChI=1S/C13H9F3N2O3/c14-13(15,16)10-3-1-8(2-4-10)7-21-12-17-5-9(6-18-12)11(19)20/h1-6H,7H2,(H,19,20). The molecule has 5 nitrogen and oxygen atoms in total. The van der Waals surface area contributed by atoms with E-state index in [2.05, 4.69) is 9.97 Å². The van der Waals surface area contributed by atoms with E-state index in [1.807, 2.05) is 0 Å². The molecule has 8 heteroatoms. The molecular weight excluding hydrogens is 289 g/mol. The monoisotopic (exact) mass is 298 g/mol. The fourth-order valence-electron chi connectivity index (χ4n) is 1.44. The Balaban J connectivity index is 1.98. The molecule has 0 saturated carbocycles. The molecule has 2 aromatic rings. The third-order valence-corrected chi connectivity index (χ3v) is 2.52. The summed E-state index contributed by atoms with van der Waals surface area (Å²) in [7, 11) is 0. The number of halogens is 3. The minimum atomic E-state index is -4.38. The topological polar surface area (TPSA) is 72.3 Å². The highest BCUT2D eigenvalue weighted by Gasteiger charge is 2.29. The van der Waals surface area contributed by atoms with Crippen LogP contribution >= 0.6 is 0 Å². The molecule has 0 fully saturated rings. The number of rotatable bonds is 4. The second-order valence-corrected chi connectivity index (χ2v) is 4.04. The molecule has 1 aromatic heterocycles. The van der Waals surface area contributed by atoms with Gasteiger partial charge in [-0.3, -0.25) is 0 Å². The highest BCUT2D eigenvalue weighted by molar-refractivity contribution is 5.86. The molecule has 0 unspecified atom stereocenters. The van der Waals surface area contributed by atoms with E-state index in [0.717, 1.165) is 24.5 Å². The average molecular weight is 298 g/mol. The Morgan fingerprint density at radius 1 is 1.14 bits per heavy atom. The summed E-state index contributed by atoms with van der Waals surface area (Å²) in [6, 6.07) is 4.42. The van der Waals surface area contributed by atoms with Gasteiger partial charge in [-0.25, -0.2) is 14.8 Å². The number of carbonyl (C=O) groups is 1. The highest BCUT2D eigenvalue weighted by Crippen LogP contribution is 2.29. The van der Waals surface area contributed by atoms with Crippen LogP contribution in [0.2, 0.25) is 0 Å². The first-order valence-electron chi connectivity index (χ1n) is 5.70. The van der Waals surface area contributed by atoms with Crippen molar-refractivity contribution in [1.29, 1.82) is 0 Å². The molecule has 1 aromatic carbocycles. The van der Waals surface area contributed by atoms with E-state index in [-0.39, 0.29) is 18.2 Å². The number of alkyl halides is 3. The Morgan fingerprint density at radius 3 is 2.19 bits per heavy atom. The third-order valence-electron chi connectivity index (χ3n) is 2.52. The van der Waals surface area contributed by atoms with Gasteiger partial charge < -0.3 is 9.84 Å². The second kappa shape index (κ2) is 5.78. The second-order valence-electron chi connectivity index (χ2n) is 4.04. The molecule has 1 N–H and O–H groups in total. The first-order valence-corrected chi connectivity index (χ1v) is 5.70. The number of hydrogen-bond acceptors (Lipinski definition) is 4. The first kappa shape index (κ1) is 14.8. The molecule has 0 aliphatic rings. The maximum absolute atomic E-state index is 12.4. The summed E-state index contributed by atoms with van der Waals surface area (Å²) in [4.78, 5) is 17.9. The number of aromatic carboxylic acids is 1. The van der Waals surface area contributed by atoms with Crippen LogP contribution in [0, 0.1) is 0 Å². The van der Waals surface area contributed by atoms with E-state index in [9.17, 15) is 18.0 Å². The predicted octanol–water partition coefficient (Wildman–Crippen LogP) is 2.77. The lowest BCUT2D eigenvalue weighted by Gasteiger charge is -2.08. The van der Waals surface area contributed by atoms with Gasteiger partial charge in [0.2, 0.25) is 0 Å². The molecule has 2 rings (SSSR count). The molecule has 21 heavy (non-hydrogen) atoms. The van der Waals surface area contributed by atoms with Gasteiger partial charge in [-0.15, -0.1) is 0 Å². The maximum atomic E-state index is 12.4. The molecule has 1 heterocycles. The maximum Gasteiger partial charge on any atom is 0.416 e. The molecule has 0 saturated heterocycles. The van der Waals surface area contributed by atoms with Gasteiger partial charge in [-0.2, -0.15) is 13.2 Å². The number of nitrogens with zero attached hydrogens (tertiary/aromatic N) is 2. The number of carboxylic acid groups (broad SMARTS) is 1. The van der Waals surface area contributed by atoms with Crippen molar-refractivity contribution in [2.24, 2.45) is 0 Å². The smallest absolute Gasteiger partial charge is 0.416 e. The largest absolute Gasteiger partial charge is 0.478 e. The molecule has 110 valence electrons. The van der Waals surface area contributed by atoms with Crippen molar-refractivity contribution in [3.8, 4) is 6.01 Å². The van der Waals surface area contributed by atoms with Gasteiger partial charge in [0.25, 0.3) is 0 Å². The average Bonchev–Trinajstić information content (AvgIpc) is 2.45. The molecule has 0 amide bonds. The van der Waals surface area contributed by atoms with Crippen molar-refractivity contribution in [3.05, 3.63) is 53.3 Å². The fraction of sp³-hybridized carbons (Fsp3) is 0.154. The minimum Gasteiger partial charge on any atom is -0.478 e. The Bertz CT molecular complexity index is 625. The predicted molar refractivity (Wildman–Crippen MR) is 64.8 cm³/mol. The number of carboxylic acids is 1. The van der Waals surface area contributed by atoms with E-state index in [1.54, 1.807) is 0 Å². The van der Waals surface area contributed by atoms with Gasteiger partial charge in [0.05, 0.1) is 11.1 Å². The molecular formula is C13H9F3N2O3. The lowest BCUT2D eigenvalue weighted by molar-refractivity contribution is -0.137. The van der Waals surface area contributed by atoms with Crippen molar-refractivity contribution in [3.63, 3.8) is 0 Å². The molecule has 0 aliphatic carbocycles. The van der Waals surface area contributed by atoms with Gasteiger partial charge in [0, 0.05) is 12.4 Å². The Hall–Kier alpha value is -2.64. The van der Waals surface area contributed by atoms with Crippen LogP contribution < -0.4 is 4.74 Å². The van der Waals surface area contributed by atoms with Crippen LogP contribution in [0.25, 0.3) is 0 Å². The van der Waals surface area contributed by atoms with Gasteiger partial charge >= 0.3 is 18.2 Å². The lowest BCUT2D eigenvalue weighted by Crippen LogP contribution is -2.06. The third kappa shape index (κ3) is 3.91. The summed E-state index contributed by atoms with van der Waals surface area (Å²) < 4.78 is 42.3. The Morgan fingerprint density at radius 2 is 1.71 bits per heavy atom. The van der Waals surface area contributed by atoms with Crippen molar-refractivity contribution in [1.82, 2.24) is 9.97 Å². The van der Waals surface area contributed by atoms with Crippen molar-refractivity contribution in [2.45, 2.75) is 12.8 Å². The lowest BCUT2D eigenvalue weighted by atomic mass is 10.1. The zero-order chi connectivity index (χ0) is 15.5. The molecule has 0 atom stereocenters. The molecule has 0 radical (unpaired) electrons. The molecule has 0 bridgehead atoms. The van der Waals surface area contributed by atoms with Crippen LogP contribution in [0.4, 0.5) is 13.2 Å². The molecule has 0 aliphatic heterocycles. The quantitative estimate of drug-likeness (QED) is 0.939. The van der Waals surface area contributed by atoms with Crippen LogP contribution in [0.1, 0.15) is 21.5 Å². The summed E-state index contributed by atoms with van der Waals surface area (Å²) in [5, 5.41) is 8.66. The summed E-state index contributed by atoms with van der Waals surface area (Å²) in [6.45, 7) is -0.0233. The normalized spacial score (nSPS) is 11.2. The van der Waals surface area contributed by atoms with Crippen molar-refractivity contribution in [2.75, 3.05) is 0 Å². The Kier molecular flexibility index (Phi) is 4.06. The van der Waals surface area contributed by atoms with Gasteiger partial charge in [-0.1, -0.05) is 12.1 Å². The van der Waals surface area contributed by atoms with Gasteiger partial charge in [0.15, 0.2) is 0 Å². The summed E-state index contributed by atoms with van der Waals surface area (Å²) in [6.07, 6.45) is -2.22. The molecule has 0 spiro atoms. The SMILES string of the molecule is O=C(O)c1cnc(OCc2ccc(C(F)(F)F)cc2)nc1. The van der Waals surface area contributed by atoms with E-state index in [4.69, 9.17) is 9.84 Å². The van der Waals surface area contributed by atoms with Gasteiger partial charge in [0.1, 0.15) is 6.61 Å². The summed E-state index contributed by atoms with van der Waals surface area (Å²) in [5.74, 6) is -1.16. The first-order chi connectivity index (χ1) is 9.86. The van der Waals surface area contributed by atoms with Crippen LogP contribution in [-0.4, -0.2) is 21.0 Å². The number of benzene rings is 1.